The van der Waals surface area contributed by atoms with Crippen LogP contribution in [0.3, 0.4) is 0 Å². The highest BCUT2D eigenvalue weighted by atomic mass is 32.2. The van der Waals surface area contributed by atoms with Gasteiger partial charge in [0.05, 0.1) is 17.6 Å². The number of ether oxygens (including phenoxy) is 2. The second-order valence-corrected chi connectivity index (χ2v) is 20.7. The van der Waals surface area contributed by atoms with Crippen LogP contribution >= 0.6 is 0 Å². The van der Waals surface area contributed by atoms with Gasteiger partial charge in [0.15, 0.2) is 14.1 Å². The summed E-state index contributed by atoms with van der Waals surface area (Å²) in [6.07, 6.45) is 14.6. The van der Waals surface area contributed by atoms with Crippen LogP contribution in [0.25, 0.3) is 0 Å². The Hall–Kier alpha value is -0.773. The van der Waals surface area contributed by atoms with Crippen LogP contribution in [0.5, 0.6) is 0 Å². The molecule has 0 radical (unpaired) electrons. The van der Waals surface area contributed by atoms with E-state index in [-0.39, 0.29) is 22.6 Å². The average Bonchev–Trinajstić information content (AvgIpc) is 3.20. The van der Waals surface area contributed by atoms with Crippen molar-refractivity contribution in [3.63, 3.8) is 0 Å². The first-order valence-electron chi connectivity index (χ1n) is 16.6. The standard InChI is InChI=1S/C34H62O6SSi/c1-10-11-12-13-14-15-16-17-18-19-20-21-22-30-32(39-34(6,7)38-30)31(27-37-42(8,9)33(3,4)5)40-41(35,36)29-25-23-28(2)24-26-29/h23-26,30-32H,10-22,27H2,1-9H3/t30-,31+,32+/m0/s1. The molecule has 0 aromatic heterocycles. The lowest BCUT2D eigenvalue weighted by Crippen LogP contribution is -2.47. The van der Waals surface area contributed by atoms with Crippen LogP contribution in [0.2, 0.25) is 18.1 Å². The molecule has 0 bridgehead atoms. The third-order valence-corrected chi connectivity index (χ3v) is 14.8. The summed E-state index contributed by atoms with van der Waals surface area (Å²) in [6, 6.07) is 6.75. The van der Waals surface area contributed by atoms with E-state index in [4.69, 9.17) is 18.1 Å². The molecule has 1 aliphatic heterocycles. The van der Waals surface area contributed by atoms with E-state index in [0.717, 1.165) is 24.8 Å². The van der Waals surface area contributed by atoms with E-state index >= 15 is 0 Å². The van der Waals surface area contributed by atoms with Gasteiger partial charge in [0.1, 0.15) is 12.2 Å². The Bertz CT molecular complexity index is 1000. The van der Waals surface area contributed by atoms with Gasteiger partial charge in [0, 0.05) is 0 Å². The molecule has 0 aliphatic carbocycles. The monoisotopic (exact) mass is 626 g/mol. The van der Waals surface area contributed by atoms with Crippen LogP contribution < -0.4 is 0 Å². The van der Waals surface area contributed by atoms with Crippen molar-refractivity contribution in [3.8, 4) is 0 Å². The van der Waals surface area contributed by atoms with E-state index in [0.29, 0.717) is 0 Å². The predicted molar refractivity (Wildman–Crippen MR) is 176 cm³/mol. The van der Waals surface area contributed by atoms with E-state index in [2.05, 4.69) is 40.8 Å². The van der Waals surface area contributed by atoms with Crippen LogP contribution in [-0.4, -0.2) is 47.4 Å². The molecule has 3 atom stereocenters. The highest BCUT2D eigenvalue weighted by molar-refractivity contribution is 7.86. The van der Waals surface area contributed by atoms with Gasteiger partial charge in [-0.25, -0.2) is 0 Å². The van der Waals surface area contributed by atoms with Gasteiger partial charge in [-0.2, -0.15) is 8.42 Å². The maximum absolute atomic E-state index is 13.4. The summed E-state index contributed by atoms with van der Waals surface area (Å²) in [7, 11) is -6.19. The first kappa shape index (κ1) is 37.4. The smallest absolute Gasteiger partial charge is 0.297 e. The maximum atomic E-state index is 13.4. The van der Waals surface area contributed by atoms with Gasteiger partial charge in [-0.1, -0.05) is 122 Å². The number of aryl methyl sites for hydroxylation is 1. The van der Waals surface area contributed by atoms with E-state index in [1.165, 1.54) is 64.2 Å². The van der Waals surface area contributed by atoms with Crippen molar-refractivity contribution in [1.82, 2.24) is 0 Å². The van der Waals surface area contributed by atoms with Crippen LogP contribution in [-0.2, 0) is 28.2 Å². The van der Waals surface area contributed by atoms with E-state index in [9.17, 15) is 8.42 Å². The molecule has 42 heavy (non-hydrogen) atoms. The van der Waals surface area contributed by atoms with Gasteiger partial charge in [0.25, 0.3) is 10.1 Å². The average molecular weight is 627 g/mol. The van der Waals surface area contributed by atoms with Crippen molar-refractivity contribution in [2.24, 2.45) is 0 Å². The first-order chi connectivity index (χ1) is 19.6. The second kappa shape index (κ2) is 17.1. The molecule has 0 unspecified atom stereocenters. The minimum atomic E-state index is -4.02. The summed E-state index contributed by atoms with van der Waals surface area (Å²) >= 11 is 0. The zero-order valence-electron chi connectivity index (χ0n) is 28.3. The molecule has 1 fully saturated rings. The zero-order chi connectivity index (χ0) is 31.4. The fourth-order valence-electron chi connectivity index (χ4n) is 5.20. The van der Waals surface area contributed by atoms with Crippen LogP contribution in [0.4, 0.5) is 0 Å². The van der Waals surface area contributed by atoms with Crippen molar-refractivity contribution in [3.05, 3.63) is 29.8 Å². The molecule has 0 N–H and O–H groups in total. The van der Waals surface area contributed by atoms with Gasteiger partial charge in [-0.3, -0.25) is 4.18 Å². The Morgan fingerprint density at radius 2 is 1.36 bits per heavy atom. The summed E-state index contributed by atoms with van der Waals surface area (Å²) < 4.78 is 52.0. The number of unbranched alkanes of at least 4 members (excludes halogenated alkanes) is 11. The Kier molecular flexibility index (Phi) is 15.2. The lowest BCUT2D eigenvalue weighted by atomic mass is 10.0. The topological polar surface area (TPSA) is 71.1 Å². The second-order valence-electron chi connectivity index (χ2n) is 14.3. The number of rotatable bonds is 20. The molecule has 6 nitrogen and oxygen atoms in total. The van der Waals surface area contributed by atoms with Crippen LogP contribution in [0.1, 0.15) is 131 Å². The minimum Gasteiger partial charge on any atom is -0.414 e. The van der Waals surface area contributed by atoms with Gasteiger partial charge < -0.3 is 13.9 Å². The third-order valence-electron chi connectivity index (χ3n) is 8.90. The lowest BCUT2D eigenvalue weighted by Gasteiger charge is -2.38. The van der Waals surface area contributed by atoms with Gasteiger partial charge in [-0.15, -0.1) is 0 Å². The predicted octanol–water partition coefficient (Wildman–Crippen LogP) is 9.70. The first-order valence-corrected chi connectivity index (χ1v) is 20.9. The normalized spacial score (nSPS) is 20.2. The fourth-order valence-corrected chi connectivity index (χ4v) is 7.28. The lowest BCUT2D eigenvalue weighted by molar-refractivity contribution is -0.155. The Labute approximate surface area is 259 Å². The largest absolute Gasteiger partial charge is 0.414 e. The Morgan fingerprint density at radius 1 is 0.857 bits per heavy atom. The molecule has 1 saturated heterocycles. The summed E-state index contributed by atoms with van der Waals surface area (Å²) in [5, 5.41) is -0.0197. The highest BCUT2D eigenvalue weighted by Gasteiger charge is 2.48. The van der Waals surface area contributed by atoms with Crippen LogP contribution in [0, 0.1) is 6.92 Å². The van der Waals surface area contributed by atoms with Gasteiger partial charge in [-0.05, 0) is 57.5 Å². The zero-order valence-corrected chi connectivity index (χ0v) is 30.1. The molecule has 1 aromatic rings. The van der Waals surface area contributed by atoms with E-state index < -0.39 is 36.4 Å². The summed E-state index contributed by atoms with van der Waals surface area (Å²) in [5.41, 5.74) is 0.989. The van der Waals surface area contributed by atoms with Crippen molar-refractivity contribution < 1.29 is 26.5 Å². The molecular formula is C34H62O6SSi. The van der Waals surface area contributed by atoms with E-state index in [1.54, 1.807) is 24.3 Å². The summed E-state index contributed by atoms with van der Waals surface area (Å²) in [4.78, 5) is 0.140. The molecule has 1 aromatic carbocycles. The SMILES string of the molecule is CCCCCCCCCCCCCC[C@@H]1OC(C)(C)O[C@H]1[C@@H](CO[Si](C)(C)C(C)(C)C)OS(=O)(=O)c1ccc(C)cc1. The fraction of sp³-hybridized carbons (Fsp3) is 0.824. The molecule has 8 heteroatoms. The minimum absolute atomic E-state index is 0.0197. The Balaban J connectivity index is 2.01. The molecular weight excluding hydrogens is 565 g/mol. The van der Waals surface area contributed by atoms with Crippen molar-refractivity contribution in [2.45, 2.75) is 179 Å². The van der Waals surface area contributed by atoms with Crippen LogP contribution in [0.15, 0.2) is 29.2 Å². The number of hydrogen-bond acceptors (Lipinski definition) is 6. The summed E-state index contributed by atoms with van der Waals surface area (Å²) in [6.45, 7) is 19.0. The molecule has 1 aliphatic rings. The van der Waals surface area contributed by atoms with Crippen molar-refractivity contribution in [1.29, 1.82) is 0 Å². The Morgan fingerprint density at radius 3 is 1.86 bits per heavy atom. The third kappa shape index (κ3) is 12.7. The quantitative estimate of drug-likeness (QED) is 0.0815. The summed E-state index contributed by atoms with van der Waals surface area (Å²) in [5.74, 6) is -0.821. The number of hydrogen-bond donors (Lipinski definition) is 0. The highest BCUT2D eigenvalue weighted by Crippen LogP contribution is 2.39. The van der Waals surface area contributed by atoms with E-state index in [1.807, 2.05) is 20.8 Å². The van der Waals surface area contributed by atoms with Crippen molar-refractivity contribution in [2.75, 3.05) is 6.61 Å². The number of benzene rings is 1. The molecule has 244 valence electrons. The van der Waals surface area contributed by atoms with Gasteiger partial charge >= 0.3 is 0 Å². The molecule has 0 amide bonds. The maximum Gasteiger partial charge on any atom is 0.297 e. The molecule has 2 rings (SSSR count). The molecule has 0 saturated carbocycles. The van der Waals surface area contributed by atoms with Gasteiger partial charge in [0.2, 0.25) is 0 Å². The molecule has 1 heterocycles. The van der Waals surface area contributed by atoms with Crippen molar-refractivity contribution >= 4 is 18.4 Å². The molecule has 0 spiro atoms.